The van der Waals surface area contributed by atoms with Gasteiger partial charge in [0.25, 0.3) is 0 Å². The van der Waals surface area contributed by atoms with Gasteiger partial charge in [-0.05, 0) is 29.5 Å². The summed E-state index contributed by atoms with van der Waals surface area (Å²) >= 11 is 0. The van der Waals surface area contributed by atoms with Gasteiger partial charge in [-0.3, -0.25) is 4.79 Å². The number of rotatable bonds is 5. The first kappa shape index (κ1) is 16.7. The lowest BCUT2D eigenvalue weighted by Gasteiger charge is -2.12. The van der Waals surface area contributed by atoms with Crippen molar-refractivity contribution in [3.05, 3.63) is 65.7 Å². The number of hydrogen-bond donors (Lipinski definition) is 0. The van der Waals surface area contributed by atoms with E-state index in [4.69, 9.17) is 4.74 Å². The van der Waals surface area contributed by atoms with E-state index in [-0.39, 0.29) is 29.8 Å². The zero-order valence-corrected chi connectivity index (χ0v) is 14.2. The predicted molar refractivity (Wildman–Crippen MR) is 92.7 cm³/mol. The van der Waals surface area contributed by atoms with Crippen molar-refractivity contribution in [2.75, 3.05) is 11.5 Å². The summed E-state index contributed by atoms with van der Waals surface area (Å²) in [6, 6.07) is 17.4. The summed E-state index contributed by atoms with van der Waals surface area (Å²) in [4.78, 5) is 12.2. The van der Waals surface area contributed by atoms with Crippen LogP contribution in [0, 0.1) is 5.92 Å². The van der Waals surface area contributed by atoms with Crippen LogP contribution in [0.3, 0.4) is 0 Å². The molecule has 2 aromatic rings. The number of benzene rings is 2. The van der Waals surface area contributed by atoms with Crippen LogP contribution >= 0.6 is 0 Å². The molecule has 1 aliphatic heterocycles. The second kappa shape index (κ2) is 7.18. The molecule has 2 aromatic carbocycles. The average molecular weight is 344 g/mol. The van der Waals surface area contributed by atoms with E-state index in [0.717, 1.165) is 11.1 Å². The highest BCUT2D eigenvalue weighted by atomic mass is 32.2. The van der Waals surface area contributed by atoms with E-state index in [1.54, 1.807) is 6.07 Å². The number of hydrogen-bond acceptors (Lipinski definition) is 4. The Hall–Kier alpha value is -2.14. The Morgan fingerprint density at radius 1 is 1.04 bits per heavy atom. The SMILES string of the molecule is O=C(C[C@@H]1CCS(=O)(=O)C1)Oc1ccccc1Cc1ccccc1. The zero-order chi connectivity index (χ0) is 17.0. The minimum atomic E-state index is -2.97. The molecular weight excluding hydrogens is 324 g/mol. The highest BCUT2D eigenvalue weighted by Crippen LogP contribution is 2.25. The van der Waals surface area contributed by atoms with E-state index in [0.29, 0.717) is 18.6 Å². The minimum absolute atomic E-state index is 0.0910. The molecule has 0 bridgehead atoms. The summed E-state index contributed by atoms with van der Waals surface area (Å²) in [7, 11) is -2.97. The summed E-state index contributed by atoms with van der Waals surface area (Å²) in [5.74, 6) is 0.331. The van der Waals surface area contributed by atoms with Crippen LogP contribution in [0.5, 0.6) is 5.75 Å². The summed E-state index contributed by atoms with van der Waals surface area (Å²) in [5.41, 5.74) is 2.08. The molecule has 0 unspecified atom stereocenters. The van der Waals surface area contributed by atoms with Gasteiger partial charge in [-0.25, -0.2) is 8.42 Å². The van der Waals surface area contributed by atoms with Gasteiger partial charge in [0.1, 0.15) is 5.75 Å². The van der Waals surface area contributed by atoms with Gasteiger partial charge in [0.05, 0.1) is 11.5 Å². The van der Waals surface area contributed by atoms with E-state index in [2.05, 4.69) is 0 Å². The first-order valence-electron chi connectivity index (χ1n) is 8.05. The third-order valence-corrected chi connectivity index (χ3v) is 6.05. The van der Waals surface area contributed by atoms with Crippen molar-refractivity contribution in [1.29, 1.82) is 0 Å². The van der Waals surface area contributed by atoms with Gasteiger partial charge < -0.3 is 4.74 Å². The fourth-order valence-corrected chi connectivity index (χ4v) is 4.86. The molecule has 0 saturated carbocycles. The first-order chi connectivity index (χ1) is 11.5. The second-order valence-corrected chi connectivity index (χ2v) is 8.45. The van der Waals surface area contributed by atoms with Crippen molar-refractivity contribution in [3.8, 4) is 5.75 Å². The van der Waals surface area contributed by atoms with Crippen molar-refractivity contribution in [2.45, 2.75) is 19.3 Å². The topological polar surface area (TPSA) is 60.4 Å². The molecule has 1 fully saturated rings. The maximum absolute atomic E-state index is 12.2. The van der Waals surface area contributed by atoms with Gasteiger partial charge in [-0.1, -0.05) is 48.5 Å². The van der Waals surface area contributed by atoms with Gasteiger partial charge >= 0.3 is 5.97 Å². The standard InChI is InChI=1S/C19H20O4S/c20-19(13-16-10-11-24(21,22)14-16)23-18-9-5-4-8-17(18)12-15-6-2-1-3-7-15/h1-9,16H,10-14H2/t16-/m0/s1. The maximum Gasteiger partial charge on any atom is 0.311 e. The molecule has 126 valence electrons. The van der Waals surface area contributed by atoms with Crippen LogP contribution in [-0.4, -0.2) is 25.9 Å². The first-order valence-corrected chi connectivity index (χ1v) is 9.87. The van der Waals surface area contributed by atoms with Crippen molar-refractivity contribution in [3.63, 3.8) is 0 Å². The maximum atomic E-state index is 12.2. The fraction of sp³-hybridized carbons (Fsp3) is 0.316. The van der Waals surface area contributed by atoms with Gasteiger partial charge in [0.15, 0.2) is 9.84 Å². The third-order valence-electron chi connectivity index (χ3n) is 4.22. The average Bonchev–Trinajstić information content (AvgIpc) is 2.89. The van der Waals surface area contributed by atoms with E-state index >= 15 is 0 Å². The third kappa shape index (κ3) is 4.45. The Kier molecular flexibility index (Phi) is 5.00. The van der Waals surface area contributed by atoms with Crippen LogP contribution in [0.2, 0.25) is 0 Å². The molecule has 0 N–H and O–H groups in total. The largest absolute Gasteiger partial charge is 0.426 e. The Morgan fingerprint density at radius 2 is 1.75 bits per heavy atom. The molecule has 4 nitrogen and oxygen atoms in total. The molecule has 5 heteroatoms. The number of sulfone groups is 1. The number of esters is 1. The van der Waals surface area contributed by atoms with E-state index in [1.165, 1.54) is 0 Å². The normalized spacial score (nSPS) is 19.1. The molecule has 0 spiro atoms. The smallest absolute Gasteiger partial charge is 0.311 e. The fourth-order valence-electron chi connectivity index (χ4n) is 3.00. The molecule has 1 saturated heterocycles. The lowest BCUT2D eigenvalue weighted by Crippen LogP contribution is -2.16. The highest BCUT2D eigenvalue weighted by molar-refractivity contribution is 7.91. The number of ether oxygens (including phenoxy) is 1. The molecule has 1 atom stereocenters. The molecular formula is C19H20O4S. The minimum Gasteiger partial charge on any atom is -0.426 e. The summed E-state index contributed by atoms with van der Waals surface area (Å²) in [6.45, 7) is 0. The molecule has 3 rings (SSSR count). The van der Waals surface area contributed by atoms with Crippen molar-refractivity contribution >= 4 is 15.8 Å². The predicted octanol–water partition coefficient (Wildman–Crippen LogP) is 3.01. The molecule has 0 radical (unpaired) electrons. The van der Waals surface area contributed by atoms with Crippen LogP contribution in [0.4, 0.5) is 0 Å². The van der Waals surface area contributed by atoms with Crippen molar-refractivity contribution in [2.24, 2.45) is 5.92 Å². The second-order valence-electron chi connectivity index (χ2n) is 6.22. The molecule has 0 amide bonds. The Morgan fingerprint density at radius 3 is 2.46 bits per heavy atom. The molecule has 0 aliphatic carbocycles. The Balaban J connectivity index is 1.66. The lowest BCUT2D eigenvalue weighted by molar-refractivity contribution is -0.135. The van der Waals surface area contributed by atoms with E-state index < -0.39 is 9.84 Å². The van der Waals surface area contributed by atoms with Crippen LogP contribution in [0.1, 0.15) is 24.0 Å². The van der Waals surface area contributed by atoms with Gasteiger partial charge in [-0.2, -0.15) is 0 Å². The van der Waals surface area contributed by atoms with Gasteiger partial charge in [0.2, 0.25) is 0 Å². The van der Waals surface area contributed by atoms with Gasteiger partial charge in [0, 0.05) is 12.8 Å². The number of carbonyl (C=O) groups is 1. The molecule has 0 aromatic heterocycles. The monoisotopic (exact) mass is 344 g/mol. The molecule has 1 heterocycles. The Bertz CT molecular complexity index is 812. The highest BCUT2D eigenvalue weighted by Gasteiger charge is 2.30. The quantitative estimate of drug-likeness (QED) is 0.618. The Labute approximate surface area is 142 Å². The number of carbonyl (C=O) groups excluding carboxylic acids is 1. The molecule has 24 heavy (non-hydrogen) atoms. The van der Waals surface area contributed by atoms with E-state index in [9.17, 15) is 13.2 Å². The van der Waals surface area contributed by atoms with E-state index in [1.807, 2.05) is 48.5 Å². The van der Waals surface area contributed by atoms with Crippen LogP contribution in [0.25, 0.3) is 0 Å². The van der Waals surface area contributed by atoms with Gasteiger partial charge in [-0.15, -0.1) is 0 Å². The van der Waals surface area contributed by atoms with Crippen molar-refractivity contribution < 1.29 is 17.9 Å². The summed E-state index contributed by atoms with van der Waals surface area (Å²) < 4.78 is 28.5. The van der Waals surface area contributed by atoms with Crippen LogP contribution < -0.4 is 4.74 Å². The van der Waals surface area contributed by atoms with Crippen LogP contribution in [-0.2, 0) is 21.1 Å². The summed E-state index contributed by atoms with van der Waals surface area (Å²) in [5, 5.41) is 0. The zero-order valence-electron chi connectivity index (χ0n) is 13.4. The summed E-state index contributed by atoms with van der Waals surface area (Å²) in [6.07, 6.45) is 1.38. The number of para-hydroxylation sites is 1. The van der Waals surface area contributed by atoms with Crippen molar-refractivity contribution in [1.82, 2.24) is 0 Å². The lowest BCUT2D eigenvalue weighted by atomic mass is 10.0. The molecule has 1 aliphatic rings. The van der Waals surface area contributed by atoms with Crippen LogP contribution in [0.15, 0.2) is 54.6 Å².